The highest BCUT2D eigenvalue weighted by molar-refractivity contribution is 5.98. The number of benzene rings is 3. The Morgan fingerprint density at radius 1 is 0.976 bits per heavy atom. The zero-order valence-electron chi connectivity index (χ0n) is 24.0. The van der Waals surface area contributed by atoms with E-state index in [4.69, 9.17) is 5.73 Å². The van der Waals surface area contributed by atoms with Crippen molar-refractivity contribution in [1.29, 1.82) is 0 Å². The molecule has 2 atom stereocenters. The first-order valence-electron chi connectivity index (χ1n) is 13.7. The van der Waals surface area contributed by atoms with Gasteiger partial charge in [-0.25, -0.2) is 4.98 Å². The van der Waals surface area contributed by atoms with Crippen molar-refractivity contribution in [2.75, 3.05) is 19.4 Å². The topological polar surface area (TPSA) is 122 Å². The number of aryl methyl sites for hydroxylation is 1. The lowest BCUT2D eigenvalue weighted by Gasteiger charge is -2.24. The second-order valence-corrected chi connectivity index (χ2v) is 11.1. The molecule has 9 nitrogen and oxygen atoms in total. The summed E-state index contributed by atoms with van der Waals surface area (Å²) in [6.45, 7) is 3.19. The first-order valence-corrected chi connectivity index (χ1v) is 13.7. The standard InChI is InChI=1S/C32H38N6O3/c1-32(2,33)31(41)35-26(16-10-13-22-11-6-5-7-12-22)29(39)36-27-20-38(21-34-27)28(30(40)37(3)4)25-18-17-23-14-8-9-15-24(23)19-25/h5-9,11-12,14-15,17-21,26,28H,10,13,16,33H2,1-4H3,(H,35,41)(H,36,39). The molecule has 3 aromatic carbocycles. The van der Waals surface area contributed by atoms with E-state index in [1.54, 1.807) is 38.7 Å². The number of aromatic nitrogens is 2. The number of carbonyl (C=O) groups is 3. The maximum atomic E-state index is 13.4. The van der Waals surface area contributed by atoms with E-state index >= 15 is 0 Å². The lowest BCUT2D eigenvalue weighted by Crippen LogP contribution is -2.54. The fraction of sp³-hybridized carbons (Fsp3) is 0.312. The van der Waals surface area contributed by atoms with Gasteiger partial charge in [0.2, 0.25) is 17.7 Å². The van der Waals surface area contributed by atoms with Crippen LogP contribution in [-0.4, -0.2) is 57.8 Å². The van der Waals surface area contributed by atoms with Crippen molar-refractivity contribution in [3.63, 3.8) is 0 Å². The Bertz CT molecular complexity index is 1510. The van der Waals surface area contributed by atoms with Crippen molar-refractivity contribution in [2.45, 2.75) is 50.7 Å². The fourth-order valence-electron chi connectivity index (χ4n) is 4.59. The van der Waals surface area contributed by atoms with Gasteiger partial charge in [0.1, 0.15) is 12.1 Å². The molecule has 0 bridgehead atoms. The van der Waals surface area contributed by atoms with Crippen molar-refractivity contribution in [3.05, 3.63) is 96.4 Å². The number of nitrogens with one attached hydrogen (secondary N) is 2. The van der Waals surface area contributed by atoms with Gasteiger partial charge in [0.05, 0.1) is 11.9 Å². The summed E-state index contributed by atoms with van der Waals surface area (Å²) in [6.07, 6.45) is 5.03. The Labute approximate surface area is 240 Å². The monoisotopic (exact) mass is 554 g/mol. The molecule has 0 aliphatic heterocycles. The van der Waals surface area contributed by atoms with E-state index in [9.17, 15) is 14.4 Å². The number of nitrogens with zero attached hydrogens (tertiary/aromatic N) is 3. The molecule has 3 amide bonds. The third-order valence-corrected chi connectivity index (χ3v) is 6.92. The zero-order valence-corrected chi connectivity index (χ0v) is 24.0. The smallest absolute Gasteiger partial charge is 0.249 e. The Morgan fingerprint density at radius 2 is 1.66 bits per heavy atom. The fourth-order valence-corrected chi connectivity index (χ4v) is 4.59. The minimum absolute atomic E-state index is 0.133. The Morgan fingerprint density at radius 3 is 2.34 bits per heavy atom. The SMILES string of the molecule is CN(C)C(=O)C(c1ccc2ccccc2c1)n1cnc(NC(=O)C(CCCc2ccccc2)NC(=O)C(C)(C)N)c1. The molecule has 214 valence electrons. The van der Waals surface area contributed by atoms with Crippen LogP contribution in [0.15, 0.2) is 85.3 Å². The normalized spacial score (nSPS) is 12.9. The van der Waals surface area contributed by atoms with E-state index in [2.05, 4.69) is 15.6 Å². The molecule has 1 heterocycles. The summed E-state index contributed by atoms with van der Waals surface area (Å²) in [5.41, 5.74) is 6.80. The van der Waals surface area contributed by atoms with Gasteiger partial charge in [0.15, 0.2) is 5.82 Å². The van der Waals surface area contributed by atoms with Crippen LogP contribution < -0.4 is 16.4 Å². The molecule has 0 saturated carbocycles. The van der Waals surface area contributed by atoms with Gasteiger partial charge >= 0.3 is 0 Å². The first-order chi connectivity index (χ1) is 19.5. The second kappa shape index (κ2) is 12.8. The summed E-state index contributed by atoms with van der Waals surface area (Å²) in [5, 5.41) is 7.71. The van der Waals surface area contributed by atoms with Crippen molar-refractivity contribution in [2.24, 2.45) is 5.73 Å². The zero-order chi connectivity index (χ0) is 29.6. The molecule has 2 unspecified atom stereocenters. The van der Waals surface area contributed by atoms with E-state index in [1.165, 1.54) is 11.2 Å². The summed E-state index contributed by atoms with van der Waals surface area (Å²) in [5.74, 6) is -0.675. The number of carbonyl (C=O) groups excluding carboxylic acids is 3. The first kappa shape index (κ1) is 29.5. The minimum Gasteiger partial charge on any atom is -0.347 e. The van der Waals surface area contributed by atoms with Gasteiger partial charge in [-0.3, -0.25) is 14.4 Å². The number of hydrogen-bond acceptors (Lipinski definition) is 5. The van der Waals surface area contributed by atoms with E-state index < -0.39 is 29.4 Å². The van der Waals surface area contributed by atoms with Crippen LogP contribution >= 0.6 is 0 Å². The van der Waals surface area contributed by atoms with E-state index in [0.717, 1.165) is 28.3 Å². The third-order valence-electron chi connectivity index (χ3n) is 6.92. The Balaban J connectivity index is 1.53. The molecule has 4 N–H and O–H groups in total. The quantitative estimate of drug-likeness (QED) is 0.260. The van der Waals surface area contributed by atoms with Crippen LogP contribution in [0.25, 0.3) is 10.8 Å². The molecule has 0 radical (unpaired) electrons. The van der Waals surface area contributed by atoms with Crippen molar-refractivity contribution >= 4 is 34.3 Å². The summed E-state index contributed by atoms with van der Waals surface area (Å²) in [4.78, 5) is 45.2. The van der Waals surface area contributed by atoms with Gasteiger partial charge < -0.3 is 25.8 Å². The van der Waals surface area contributed by atoms with Crippen LogP contribution in [0, 0.1) is 0 Å². The summed E-state index contributed by atoms with van der Waals surface area (Å²) < 4.78 is 1.69. The van der Waals surface area contributed by atoms with Crippen LogP contribution in [0.5, 0.6) is 0 Å². The number of likely N-dealkylation sites (N-methyl/N-ethyl adjacent to an activating group) is 1. The van der Waals surface area contributed by atoms with E-state index in [0.29, 0.717) is 12.8 Å². The van der Waals surface area contributed by atoms with Gasteiger partial charge in [-0.05, 0) is 61.1 Å². The molecule has 1 aromatic heterocycles. The third kappa shape index (κ3) is 7.58. The maximum Gasteiger partial charge on any atom is 0.249 e. The summed E-state index contributed by atoms with van der Waals surface area (Å²) in [7, 11) is 3.41. The Kier molecular flexibility index (Phi) is 9.19. The number of anilines is 1. The maximum absolute atomic E-state index is 13.4. The lowest BCUT2D eigenvalue weighted by atomic mass is 10.0. The van der Waals surface area contributed by atoms with Gasteiger partial charge in [-0.2, -0.15) is 0 Å². The molecular formula is C32H38N6O3. The molecule has 0 fully saturated rings. The van der Waals surface area contributed by atoms with Gasteiger partial charge in [-0.15, -0.1) is 0 Å². The number of imidazole rings is 1. The minimum atomic E-state index is -1.14. The molecule has 41 heavy (non-hydrogen) atoms. The number of amides is 3. The Hall–Kier alpha value is -4.50. The van der Waals surface area contributed by atoms with Crippen molar-refractivity contribution in [1.82, 2.24) is 19.8 Å². The predicted molar refractivity (Wildman–Crippen MR) is 161 cm³/mol. The molecule has 0 spiro atoms. The number of fused-ring (bicyclic) bond motifs is 1. The van der Waals surface area contributed by atoms with Gasteiger partial charge in [0, 0.05) is 20.3 Å². The van der Waals surface area contributed by atoms with E-state index in [-0.39, 0.29) is 11.7 Å². The summed E-state index contributed by atoms with van der Waals surface area (Å²) in [6, 6.07) is 22.4. The molecule has 9 heteroatoms. The average molecular weight is 555 g/mol. The number of hydrogen-bond donors (Lipinski definition) is 3. The largest absolute Gasteiger partial charge is 0.347 e. The molecule has 0 aliphatic carbocycles. The molecule has 0 saturated heterocycles. The van der Waals surface area contributed by atoms with Crippen molar-refractivity contribution < 1.29 is 14.4 Å². The van der Waals surface area contributed by atoms with E-state index in [1.807, 2.05) is 72.8 Å². The van der Waals surface area contributed by atoms with Crippen LogP contribution in [0.2, 0.25) is 0 Å². The van der Waals surface area contributed by atoms with Crippen LogP contribution in [0.3, 0.4) is 0 Å². The van der Waals surface area contributed by atoms with Crippen LogP contribution in [-0.2, 0) is 20.8 Å². The van der Waals surface area contributed by atoms with Gasteiger partial charge in [-0.1, -0.05) is 66.7 Å². The number of rotatable bonds is 11. The second-order valence-electron chi connectivity index (χ2n) is 11.1. The highest BCUT2D eigenvalue weighted by Gasteiger charge is 2.29. The van der Waals surface area contributed by atoms with Crippen molar-refractivity contribution in [3.8, 4) is 0 Å². The van der Waals surface area contributed by atoms with Crippen LogP contribution in [0.1, 0.15) is 43.9 Å². The molecule has 4 rings (SSSR count). The highest BCUT2D eigenvalue weighted by atomic mass is 16.2. The van der Waals surface area contributed by atoms with Gasteiger partial charge in [0.25, 0.3) is 0 Å². The summed E-state index contributed by atoms with van der Waals surface area (Å²) >= 11 is 0. The molecule has 4 aromatic rings. The molecular weight excluding hydrogens is 516 g/mol. The predicted octanol–water partition coefficient (Wildman–Crippen LogP) is 3.90. The molecule has 0 aliphatic rings. The van der Waals surface area contributed by atoms with Crippen LogP contribution in [0.4, 0.5) is 5.82 Å². The lowest BCUT2D eigenvalue weighted by molar-refractivity contribution is -0.131. The highest BCUT2D eigenvalue weighted by Crippen LogP contribution is 2.26. The number of nitrogens with two attached hydrogens (primary N) is 1. The average Bonchev–Trinajstić information content (AvgIpc) is 3.40.